The van der Waals surface area contributed by atoms with Gasteiger partial charge in [0.05, 0.1) is 0 Å². The molecule has 0 bridgehead atoms. The van der Waals surface area contributed by atoms with Gasteiger partial charge in [0.15, 0.2) is 0 Å². The molecule has 1 fully saturated rings. The molecule has 0 aromatic rings. The van der Waals surface area contributed by atoms with Crippen LogP contribution in [0.5, 0.6) is 0 Å². The minimum absolute atomic E-state index is 0.628. The molecule has 0 aromatic carbocycles. The molecule has 2 atom stereocenters. The van der Waals surface area contributed by atoms with Gasteiger partial charge in [-0.05, 0) is 26.7 Å². The topological polar surface area (TPSA) is 21.7 Å². The summed E-state index contributed by atoms with van der Waals surface area (Å²) in [5.74, 6) is 0. The highest BCUT2D eigenvalue weighted by molar-refractivity contribution is 6.41. The zero-order valence-electron chi connectivity index (χ0n) is 10.5. The highest BCUT2D eigenvalue weighted by Gasteiger charge is 2.34. The Morgan fingerprint density at radius 2 is 1.53 bits per heavy atom. The van der Waals surface area contributed by atoms with Crippen molar-refractivity contribution < 1.29 is 8.85 Å². The first kappa shape index (κ1) is 13.2. The SMILES string of the molecule is CCO[SiH](OCC)N1[C@@H](C)CCC[C@@H]1C. The number of rotatable bonds is 5. The second-order valence-corrected chi connectivity index (χ2v) is 6.17. The Hall–Kier alpha value is 0.0969. The van der Waals surface area contributed by atoms with E-state index in [1.165, 1.54) is 19.3 Å². The van der Waals surface area contributed by atoms with Crippen LogP contribution in [0, 0.1) is 0 Å². The summed E-state index contributed by atoms with van der Waals surface area (Å²) in [6.07, 6.45) is 3.92. The predicted octanol–water partition coefficient (Wildman–Crippen LogP) is 2.04. The minimum atomic E-state index is -1.60. The molecule has 0 amide bonds. The van der Waals surface area contributed by atoms with Gasteiger partial charge in [-0.2, -0.15) is 0 Å². The maximum absolute atomic E-state index is 5.81. The number of hydrogen-bond acceptors (Lipinski definition) is 3. The van der Waals surface area contributed by atoms with Crippen molar-refractivity contribution in [2.45, 2.75) is 59.0 Å². The summed E-state index contributed by atoms with van der Waals surface area (Å²) in [7, 11) is -1.60. The van der Waals surface area contributed by atoms with Gasteiger partial charge in [0, 0.05) is 25.3 Å². The van der Waals surface area contributed by atoms with Gasteiger partial charge >= 0.3 is 9.45 Å². The van der Waals surface area contributed by atoms with Gasteiger partial charge in [-0.25, -0.2) is 0 Å². The Morgan fingerprint density at radius 1 is 1.07 bits per heavy atom. The lowest BCUT2D eigenvalue weighted by molar-refractivity contribution is 0.0921. The normalized spacial score (nSPS) is 28.6. The van der Waals surface area contributed by atoms with Gasteiger partial charge in [0.25, 0.3) is 0 Å². The van der Waals surface area contributed by atoms with Gasteiger partial charge in [0.2, 0.25) is 0 Å². The molecule has 1 aliphatic rings. The summed E-state index contributed by atoms with van der Waals surface area (Å²) in [4.78, 5) is 0. The van der Waals surface area contributed by atoms with Gasteiger partial charge in [-0.1, -0.05) is 20.3 Å². The third-order valence-electron chi connectivity index (χ3n) is 3.12. The Bertz CT molecular complexity index is 164. The van der Waals surface area contributed by atoms with Crippen LogP contribution in [0.3, 0.4) is 0 Å². The van der Waals surface area contributed by atoms with E-state index < -0.39 is 9.45 Å². The molecule has 0 spiro atoms. The second kappa shape index (κ2) is 6.63. The molecular formula is C11H25NO2Si. The molecule has 0 unspecified atom stereocenters. The molecule has 0 radical (unpaired) electrons. The zero-order valence-corrected chi connectivity index (χ0v) is 11.7. The van der Waals surface area contributed by atoms with E-state index in [9.17, 15) is 0 Å². The van der Waals surface area contributed by atoms with Gasteiger partial charge in [-0.15, -0.1) is 0 Å². The quantitative estimate of drug-likeness (QED) is 0.676. The first-order chi connectivity index (χ1) is 7.20. The van der Waals surface area contributed by atoms with Gasteiger partial charge in [-0.3, -0.25) is 4.57 Å². The van der Waals surface area contributed by atoms with Crippen molar-refractivity contribution >= 4 is 9.45 Å². The summed E-state index contributed by atoms with van der Waals surface area (Å²) in [6, 6.07) is 1.26. The van der Waals surface area contributed by atoms with Crippen molar-refractivity contribution in [1.29, 1.82) is 0 Å². The van der Waals surface area contributed by atoms with E-state index in [0.717, 1.165) is 13.2 Å². The van der Waals surface area contributed by atoms with E-state index in [0.29, 0.717) is 12.1 Å². The number of nitrogens with zero attached hydrogens (tertiary/aromatic N) is 1. The third-order valence-corrected chi connectivity index (χ3v) is 5.87. The van der Waals surface area contributed by atoms with Crippen LogP contribution >= 0.6 is 0 Å². The van der Waals surface area contributed by atoms with E-state index in [-0.39, 0.29) is 0 Å². The maximum atomic E-state index is 5.81. The fraction of sp³-hybridized carbons (Fsp3) is 1.00. The monoisotopic (exact) mass is 231 g/mol. The van der Waals surface area contributed by atoms with Crippen LogP contribution in [0.15, 0.2) is 0 Å². The lowest BCUT2D eigenvalue weighted by Gasteiger charge is -2.42. The Balaban J connectivity index is 2.60. The number of hydrogen-bond donors (Lipinski definition) is 0. The molecular weight excluding hydrogens is 206 g/mol. The molecule has 1 saturated heterocycles. The molecule has 0 aliphatic carbocycles. The lowest BCUT2D eigenvalue weighted by Crippen LogP contribution is -2.55. The average molecular weight is 231 g/mol. The largest absolute Gasteiger partial charge is 0.411 e. The number of piperidine rings is 1. The Kier molecular flexibility index (Phi) is 5.82. The molecule has 90 valence electrons. The first-order valence-electron chi connectivity index (χ1n) is 6.21. The molecule has 1 heterocycles. The van der Waals surface area contributed by atoms with Crippen molar-refractivity contribution in [3.63, 3.8) is 0 Å². The molecule has 15 heavy (non-hydrogen) atoms. The Morgan fingerprint density at radius 3 is 1.93 bits per heavy atom. The van der Waals surface area contributed by atoms with Crippen LogP contribution in [0.4, 0.5) is 0 Å². The van der Waals surface area contributed by atoms with Gasteiger partial charge < -0.3 is 8.85 Å². The van der Waals surface area contributed by atoms with E-state index in [1.807, 2.05) is 0 Å². The summed E-state index contributed by atoms with van der Waals surface area (Å²) in [6.45, 7) is 10.2. The molecule has 1 rings (SSSR count). The minimum Gasteiger partial charge on any atom is -0.385 e. The van der Waals surface area contributed by atoms with E-state index in [1.54, 1.807) is 0 Å². The first-order valence-corrected chi connectivity index (χ1v) is 7.67. The lowest BCUT2D eigenvalue weighted by atomic mass is 10.0. The standard InChI is InChI=1S/C11H25NO2Si/c1-5-13-15(14-6-2)12-10(3)8-7-9-11(12)4/h10-11,15H,5-9H2,1-4H3/t10-,11-/m0/s1. The van der Waals surface area contributed by atoms with Crippen molar-refractivity contribution in [3.8, 4) is 0 Å². The van der Waals surface area contributed by atoms with Crippen LogP contribution < -0.4 is 0 Å². The molecule has 0 aromatic heterocycles. The van der Waals surface area contributed by atoms with Crippen molar-refractivity contribution in [2.75, 3.05) is 13.2 Å². The molecule has 1 aliphatic heterocycles. The average Bonchev–Trinajstić information content (AvgIpc) is 2.18. The van der Waals surface area contributed by atoms with Crippen LogP contribution in [0.25, 0.3) is 0 Å². The smallest absolute Gasteiger partial charge is 0.385 e. The fourth-order valence-electron chi connectivity index (χ4n) is 2.36. The van der Waals surface area contributed by atoms with Gasteiger partial charge in [0.1, 0.15) is 0 Å². The van der Waals surface area contributed by atoms with Crippen LogP contribution in [-0.4, -0.2) is 39.3 Å². The summed E-state index contributed by atoms with van der Waals surface area (Å²) in [5.41, 5.74) is 0. The van der Waals surface area contributed by atoms with E-state index in [4.69, 9.17) is 8.85 Å². The summed E-state index contributed by atoms with van der Waals surface area (Å²) >= 11 is 0. The highest BCUT2D eigenvalue weighted by Crippen LogP contribution is 2.24. The van der Waals surface area contributed by atoms with Crippen LogP contribution in [0.1, 0.15) is 47.0 Å². The van der Waals surface area contributed by atoms with Crippen molar-refractivity contribution in [1.82, 2.24) is 4.57 Å². The highest BCUT2D eigenvalue weighted by atomic mass is 28.3. The predicted molar refractivity (Wildman–Crippen MR) is 65.0 cm³/mol. The molecule has 4 heteroatoms. The second-order valence-electron chi connectivity index (χ2n) is 4.29. The Labute approximate surface area is 95.7 Å². The van der Waals surface area contributed by atoms with Crippen LogP contribution in [-0.2, 0) is 8.85 Å². The van der Waals surface area contributed by atoms with E-state index in [2.05, 4.69) is 32.3 Å². The molecule has 0 N–H and O–H groups in total. The maximum Gasteiger partial charge on any atom is 0.411 e. The molecule has 0 saturated carbocycles. The summed E-state index contributed by atoms with van der Waals surface area (Å²) < 4.78 is 14.1. The fourth-order valence-corrected chi connectivity index (χ4v) is 4.50. The van der Waals surface area contributed by atoms with Crippen molar-refractivity contribution in [2.24, 2.45) is 0 Å². The zero-order chi connectivity index (χ0) is 11.3. The van der Waals surface area contributed by atoms with E-state index >= 15 is 0 Å². The van der Waals surface area contributed by atoms with Crippen LogP contribution in [0.2, 0.25) is 0 Å². The van der Waals surface area contributed by atoms with Crippen molar-refractivity contribution in [3.05, 3.63) is 0 Å². The molecule has 3 nitrogen and oxygen atoms in total. The third kappa shape index (κ3) is 3.55. The summed E-state index contributed by atoms with van der Waals surface area (Å²) in [5, 5.41) is 0.